The third-order valence-electron chi connectivity index (χ3n) is 10.6. The highest BCUT2D eigenvalue weighted by atomic mass is 16.5. The van der Waals surface area contributed by atoms with E-state index in [1.807, 2.05) is 84.9 Å². The lowest BCUT2D eigenvalue weighted by atomic mass is 9.66. The van der Waals surface area contributed by atoms with Gasteiger partial charge >= 0.3 is 0 Å². The molecule has 0 amide bonds. The quantitative estimate of drug-likeness (QED) is 0.162. The first kappa shape index (κ1) is 28.9. The molecule has 234 valence electrons. The van der Waals surface area contributed by atoms with E-state index in [0.717, 1.165) is 22.3 Å². The minimum Gasteiger partial charge on any atom is -0.364 e. The fourth-order valence-electron chi connectivity index (χ4n) is 8.51. The van der Waals surface area contributed by atoms with E-state index in [0.29, 0.717) is 22.3 Å². The number of Topliss-reactive ketones (excluding diaryl/α,β-unsaturated/α-hetero) is 4. The minimum atomic E-state index is -0.718. The summed E-state index contributed by atoms with van der Waals surface area (Å²) in [5.74, 6) is -3.40. The maximum atomic E-state index is 14.2. The van der Waals surface area contributed by atoms with Gasteiger partial charge in [0.15, 0.2) is 23.1 Å². The molecule has 0 aliphatic carbocycles. The van der Waals surface area contributed by atoms with Gasteiger partial charge in [0.1, 0.15) is 0 Å². The molecule has 4 heterocycles. The summed E-state index contributed by atoms with van der Waals surface area (Å²) in [4.78, 5) is 56.7. The number of fused-ring (bicyclic) bond motifs is 10. The summed E-state index contributed by atoms with van der Waals surface area (Å²) in [5.41, 5.74) is 5.51. The Bertz CT molecular complexity index is 1790. The Morgan fingerprint density at radius 3 is 0.750 bits per heavy atom. The zero-order chi connectivity index (χ0) is 32.5. The molecule has 0 saturated carbocycles. The van der Waals surface area contributed by atoms with Gasteiger partial charge in [-0.05, 0) is 34.4 Å². The van der Waals surface area contributed by atoms with E-state index in [9.17, 15) is 19.2 Å². The average Bonchev–Trinajstić information content (AvgIpc) is 3.92. The van der Waals surface area contributed by atoms with Crippen LogP contribution in [0.5, 0.6) is 0 Å². The molecule has 9 rings (SSSR count). The molecule has 0 spiro atoms. The van der Waals surface area contributed by atoms with Gasteiger partial charge in [-0.1, -0.05) is 121 Å². The summed E-state index contributed by atoms with van der Waals surface area (Å²) in [6.07, 6.45) is -2.54. The van der Waals surface area contributed by atoms with Gasteiger partial charge in [-0.15, -0.1) is 0 Å². The Morgan fingerprint density at radius 2 is 0.542 bits per heavy atom. The summed E-state index contributed by atoms with van der Waals surface area (Å²) in [6, 6.07) is 40.2. The van der Waals surface area contributed by atoms with Crippen LogP contribution < -0.4 is 0 Å². The average molecular weight is 631 g/mol. The van der Waals surface area contributed by atoms with Crippen LogP contribution in [0.15, 0.2) is 133 Å². The number of ketones is 4. The van der Waals surface area contributed by atoms with Crippen molar-refractivity contribution in [2.45, 2.75) is 24.4 Å². The number of hydrogen-bond acceptors (Lipinski definition) is 6. The molecule has 6 nitrogen and oxygen atoms in total. The highest BCUT2D eigenvalue weighted by Crippen LogP contribution is 2.64. The van der Waals surface area contributed by atoms with Crippen molar-refractivity contribution in [2.75, 3.05) is 0 Å². The van der Waals surface area contributed by atoms with Crippen LogP contribution in [-0.2, 0) is 9.47 Å². The van der Waals surface area contributed by atoms with Crippen LogP contribution in [0.3, 0.4) is 0 Å². The molecule has 5 aromatic carbocycles. The molecule has 2 fully saturated rings. The van der Waals surface area contributed by atoms with E-state index in [-0.39, 0.29) is 23.1 Å². The predicted molar refractivity (Wildman–Crippen MR) is 177 cm³/mol. The molecule has 2 saturated heterocycles. The summed E-state index contributed by atoms with van der Waals surface area (Å²) in [6.45, 7) is 0. The highest BCUT2D eigenvalue weighted by Gasteiger charge is 2.62. The van der Waals surface area contributed by atoms with Crippen molar-refractivity contribution in [3.05, 3.63) is 178 Å². The van der Waals surface area contributed by atoms with Crippen molar-refractivity contribution in [1.82, 2.24) is 0 Å². The van der Waals surface area contributed by atoms with Crippen LogP contribution in [-0.4, -0.2) is 23.1 Å². The van der Waals surface area contributed by atoms with Crippen LogP contribution >= 0.6 is 0 Å². The van der Waals surface area contributed by atoms with E-state index >= 15 is 0 Å². The summed E-state index contributed by atoms with van der Waals surface area (Å²) < 4.78 is 13.2. The lowest BCUT2D eigenvalue weighted by Crippen LogP contribution is -2.36. The number of benzene rings is 5. The van der Waals surface area contributed by atoms with Gasteiger partial charge in [0.25, 0.3) is 0 Å². The van der Waals surface area contributed by atoms with E-state index in [2.05, 4.69) is 0 Å². The maximum absolute atomic E-state index is 14.2. The van der Waals surface area contributed by atoms with Crippen molar-refractivity contribution in [1.29, 1.82) is 0 Å². The number of ether oxygens (including phenoxy) is 2. The van der Waals surface area contributed by atoms with E-state index in [4.69, 9.17) is 9.47 Å². The minimum absolute atomic E-state index is 0.132. The monoisotopic (exact) mass is 630 g/mol. The van der Waals surface area contributed by atoms with E-state index in [1.54, 1.807) is 48.5 Å². The first-order chi connectivity index (χ1) is 23.5. The molecule has 8 unspecified atom stereocenters. The fourth-order valence-corrected chi connectivity index (χ4v) is 8.51. The number of hydrogen-bond donors (Lipinski definition) is 0. The molecule has 0 radical (unpaired) electrons. The standard InChI is InChI=1S/C42H30O6/c43-35(23-13-5-1-6-14-23)31-32(36(44)24-15-7-2-8-16-24)40-28-22-30-29(21-27(28)39(31)47-40)41-33(37(45)25-17-9-3-10-18-25)34(42(30)48-41)38(46)26-19-11-4-12-20-26/h1-22,31-34,39-42H. The second-order valence-electron chi connectivity index (χ2n) is 13.1. The molecule has 4 bridgehead atoms. The molecule has 6 heteroatoms. The molecule has 8 atom stereocenters. The molecule has 5 aromatic rings. The molecular formula is C42H30O6. The second-order valence-corrected chi connectivity index (χ2v) is 13.1. The van der Waals surface area contributed by atoms with Crippen LogP contribution in [0.4, 0.5) is 0 Å². The van der Waals surface area contributed by atoms with Gasteiger partial charge < -0.3 is 9.47 Å². The van der Waals surface area contributed by atoms with Gasteiger partial charge in [0.05, 0.1) is 48.1 Å². The van der Waals surface area contributed by atoms with Crippen molar-refractivity contribution < 1.29 is 28.7 Å². The van der Waals surface area contributed by atoms with E-state index < -0.39 is 48.1 Å². The SMILES string of the molecule is O=C(c1ccccc1)C1C2OC(c3cc4c(cc32)C2OC4C(C(=O)c3ccccc3)C2C(=O)c2ccccc2)C1C(=O)c1ccccc1. The van der Waals surface area contributed by atoms with Crippen molar-refractivity contribution in [3.63, 3.8) is 0 Å². The number of rotatable bonds is 8. The van der Waals surface area contributed by atoms with Crippen molar-refractivity contribution in [3.8, 4) is 0 Å². The normalized spacial score (nSPS) is 27.3. The Kier molecular flexibility index (Phi) is 6.71. The lowest BCUT2D eigenvalue weighted by molar-refractivity contribution is 0.0476. The van der Waals surface area contributed by atoms with Crippen molar-refractivity contribution in [2.24, 2.45) is 23.7 Å². The molecule has 4 aliphatic heterocycles. The summed E-state index contributed by atoms with van der Waals surface area (Å²) in [5, 5.41) is 0. The third kappa shape index (κ3) is 4.26. The lowest BCUT2D eigenvalue weighted by Gasteiger charge is -2.32. The predicted octanol–water partition coefficient (Wildman–Crippen LogP) is 7.94. The second kappa shape index (κ2) is 11.2. The zero-order valence-corrected chi connectivity index (χ0v) is 25.8. The maximum Gasteiger partial charge on any atom is 0.169 e. The van der Waals surface area contributed by atoms with Crippen molar-refractivity contribution >= 4 is 23.1 Å². The molecule has 48 heavy (non-hydrogen) atoms. The molecule has 4 aliphatic rings. The Morgan fingerprint density at radius 1 is 0.333 bits per heavy atom. The topological polar surface area (TPSA) is 86.7 Å². The summed E-state index contributed by atoms with van der Waals surface area (Å²) in [7, 11) is 0. The van der Waals surface area contributed by atoms with Gasteiger partial charge in [0.2, 0.25) is 0 Å². The molecule has 0 N–H and O–H groups in total. The van der Waals surface area contributed by atoms with Gasteiger partial charge in [-0.2, -0.15) is 0 Å². The molecular weight excluding hydrogens is 600 g/mol. The van der Waals surface area contributed by atoms with Crippen LogP contribution in [0.2, 0.25) is 0 Å². The fraction of sp³-hybridized carbons (Fsp3) is 0.190. The highest BCUT2D eigenvalue weighted by molar-refractivity contribution is 6.07. The molecule has 0 aromatic heterocycles. The first-order valence-electron chi connectivity index (χ1n) is 16.4. The van der Waals surface area contributed by atoms with Crippen LogP contribution in [0.25, 0.3) is 0 Å². The first-order valence-corrected chi connectivity index (χ1v) is 16.4. The Balaban J connectivity index is 1.16. The zero-order valence-electron chi connectivity index (χ0n) is 25.8. The van der Waals surface area contributed by atoms with Crippen LogP contribution in [0, 0.1) is 23.7 Å². The third-order valence-corrected chi connectivity index (χ3v) is 10.6. The Labute approximate surface area is 277 Å². The summed E-state index contributed by atoms with van der Waals surface area (Å²) >= 11 is 0. The largest absolute Gasteiger partial charge is 0.364 e. The number of carbonyl (C=O) groups excluding carboxylic acids is 4. The Hall–Kier alpha value is -5.30. The van der Waals surface area contributed by atoms with E-state index in [1.165, 1.54) is 0 Å². The van der Waals surface area contributed by atoms with Gasteiger partial charge in [-0.3, -0.25) is 19.2 Å². The number of carbonyl (C=O) groups is 4. The van der Waals surface area contributed by atoms with Gasteiger partial charge in [-0.25, -0.2) is 0 Å². The smallest absolute Gasteiger partial charge is 0.169 e. The van der Waals surface area contributed by atoms with Gasteiger partial charge in [0, 0.05) is 22.3 Å². The van der Waals surface area contributed by atoms with Crippen LogP contribution in [0.1, 0.15) is 88.1 Å².